The molecule has 2 rings (SSSR count). The molecule has 3 nitrogen and oxygen atoms in total. The van der Waals surface area contributed by atoms with Crippen molar-refractivity contribution >= 4 is 5.95 Å². The van der Waals surface area contributed by atoms with Crippen LogP contribution in [-0.4, -0.2) is 23.1 Å². The lowest BCUT2D eigenvalue weighted by Gasteiger charge is -2.30. The molecular weight excluding hydrogens is 162 g/mol. The Kier molecular flexibility index (Phi) is 3.68. The molecule has 0 aromatic carbocycles. The highest BCUT2D eigenvalue weighted by Crippen LogP contribution is 2.14. The average Bonchev–Trinajstić information content (AvgIpc) is 2.05. The molecule has 0 saturated carbocycles. The van der Waals surface area contributed by atoms with Gasteiger partial charge in [-0.25, -0.2) is 9.97 Å². The molecule has 0 unspecified atom stereocenters. The van der Waals surface area contributed by atoms with Gasteiger partial charge in [-0.1, -0.05) is 13.8 Å². The van der Waals surface area contributed by atoms with Gasteiger partial charge in [-0.2, -0.15) is 0 Å². The Balaban J connectivity index is 0.000000396. The van der Waals surface area contributed by atoms with Crippen molar-refractivity contribution in [1.82, 2.24) is 9.97 Å². The first-order chi connectivity index (χ1) is 6.36. The molecule has 0 atom stereocenters. The maximum absolute atomic E-state index is 4.31. The van der Waals surface area contributed by atoms with Crippen LogP contribution in [0.25, 0.3) is 0 Å². The molecule has 72 valence electrons. The molecule has 0 aliphatic carbocycles. The third-order valence-corrected chi connectivity index (χ3v) is 1.92. The second-order valence-corrected chi connectivity index (χ2v) is 2.84. The zero-order valence-corrected chi connectivity index (χ0v) is 8.62. The van der Waals surface area contributed by atoms with Crippen molar-refractivity contribution in [2.24, 2.45) is 0 Å². The summed E-state index contributed by atoms with van der Waals surface area (Å²) in [6, 6.07) is 1.92. The summed E-state index contributed by atoms with van der Waals surface area (Å²) in [6.07, 6.45) is 3.09. The third kappa shape index (κ3) is 2.41. The number of aryl methyl sites for hydroxylation is 1. The summed E-state index contributed by atoms with van der Waals surface area (Å²) in [7, 11) is 0. The standard InChI is InChI=1S/C8H11N3.C2H6/c1-7-3-4-9-8(10-7)11-5-2-6-11;1-2/h3-4H,2,5-6H2,1H3;1-2H3. The van der Waals surface area contributed by atoms with Crippen molar-refractivity contribution in [3.8, 4) is 0 Å². The molecule has 3 heteroatoms. The highest BCUT2D eigenvalue weighted by molar-refractivity contribution is 5.32. The largest absolute Gasteiger partial charge is 0.341 e. The monoisotopic (exact) mass is 179 g/mol. The van der Waals surface area contributed by atoms with Crippen molar-refractivity contribution < 1.29 is 0 Å². The van der Waals surface area contributed by atoms with E-state index in [4.69, 9.17) is 0 Å². The Labute approximate surface area is 79.8 Å². The van der Waals surface area contributed by atoms with E-state index in [1.165, 1.54) is 6.42 Å². The van der Waals surface area contributed by atoms with Gasteiger partial charge in [0.25, 0.3) is 0 Å². The van der Waals surface area contributed by atoms with Crippen LogP contribution < -0.4 is 4.90 Å². The lowest BCUT2D eigenvalue weighted by molar-refractivity contribution is 0.599. The zero-order chi connectivity index (χ0) is 9.68. The smallest absolute Gasteiger partial charge is 0.225 e. The second kappa shape index (κ2) is 4.80. The lowest BCUT2D eigenvalue weighted by atomic mass is 10.2. The van der Waals surface area contributed by atoms with Crippen LogP contribution in [0.4, 0.5) is 5.95 Å². The van der Waals surface area contributed by atoms with Gasteiger partial charge in [-0.05, 0) is 19.4 Å². The molecule has 0 bridgehead atoms. The molecule has 0 amide bonds. The van der Waals surface area contributed by atoms with Crippen molar-refractivity contribution in [3.05, 3.63) is 18.0 Å². The summed E-state index contributed by atoms with van der Waals surface area (Å²) in [5.41, 5.74) is 1.04. The average molecular weight is 179 g/mol. The topological polar surface area (TPSA) is 29.0 Å². The number of nitrogens with zero attached hydrogens (tertiary/aromatic N) is 3. The molecule has 1 aliphatic rings. The molecule has 2 heterocycles. The molecule has 0 radical (unpaired) electrons. The molecule has 1 saturated heterocycles. The Hall–Kier alpha value is -1.12. The Morgan fingerprint density at radius 2 is 2.00 bits per heavy atom. The minimum atomic E-state index is 0.885. The van der Waals surface area contributed by atoms with Gasteiger partial charge < -0.3 is 4.90 Å². The van der Waals surface area contributed by atoms with Crippen LogP contribution in [0, 0.1) is 6.92 Å². The molecule has 0 N–H and O–H groups in total. The van der Waals surface area contributed by atoms with Crippen LogP contribution in [0.5, 0.6) is 0 Å². The van der Waals surface area contributed by atoms with E-state index in [1.807, 2.05) is 33.0 Å². The highest BCUT2D eigenvalue weighted by atomic mass is 15.3. The van der Waals surface area contributed by atoms with Gasteiger partial charge >= 0.3 is 0 Å². The fourth-order valence-electron chi connectivity index (χ4n) is 1.10. The first-order valence-electron chi connectivity index (χ1n) is 4.91. The van der Waals surface area contributed by atoms with Gasteiger partial charge in [0.2, 0.25) is 5.95 Å². The maximum atomic E-state index is 4.31. The molecular formula is C10H17N3. The molecule has 1 aromatic rings. The third-order valence-electron chi connectivity index (χ3n) is 1.92. The quantitative estimate of drug-likeness (QED) is 0.660. The van der Waals surface area contributed by atoms with Crippen LogP contribution in [0.15, 0.2) is 12.3 Å². The summed E-state index contributed by atoms with van der Waals surface area (Å²) < 4.78 is 0. The van der Waals surface area contributed by atoms with Crippen molar-refractivity contribution in [2.75, 3.05) is 18.0 Å². The minimum absolute atomic E-state index is 0.885. The van der Waals surface area contributed by atoms with Gasteiger partial charge in [-0.3, -0.25) is 0 Å². The maximum Gasteiger partial charge on any atom is 0.225 e. The number of anilines is 1. The van der Waals surface area contributed by atoms with E-state index in [0.717, 1.165) is 24.7 Å². The van der Waals surface area contributed by atoms with Crippen molar-refractivity contribution in [1.29, 1.82) is 0 Å². The Morgan fingerprint density at radius 1 is 1.31 bits per heavy atom. The van der Waals surface area contributed by atoms with Crippen LogP contribution in [-0.2, 0) is 0 Å². The van der Waals surface area contributed by atoms with Crippen LogP contribution in [0.3, 0.4) is 0 Å². The van der Waals surface area contributed by atoms with E-state index >= 15 is 0 Å². The van der Waals surface area contributed by atoms with Crippen LogP contribution in [0.1, 0.15) is 26.0 Å². The normalized spacial score (nSPS) is 14.2. The summed E-state index contributed by atoms with van der Waals surface area (Å²) in [6.45, 7) is 8.22. The fourth-order valence-corrected chi connectivity index (χ4v) is 1.10. The first-order valence-corrected chi connectivity index (χ1v) is 4.91. The summed E-state index contributed by atoms with van der Waals surface area (Å²) in [5.74, 6) is 0.885. The Bertz CT molecular complexity index is 256. The number of hydrogen-bond donors (Lipinski definition) is 0. The SMILES string of the molecule is CC.Cc1ccnc(N2CCC2)n1. The van der Waals surface area contributed by atoms with E-state index in [0.29, 0.717) is 0 Å². The summed E-state index contributed by atoms with van der Waals surface area (Å²) in [5, 5.41) is 0. The van der Waals surface area contributed by atoms with Gasteiger partial charge in [0, 0.05) is 25.0 Å². The summed E-state index contributed by atoms with van der Waals surface area (Å²) in [4.78, 5) is 10.7. The van der Waals surface area contributed by atoms with E-state index in [-0.39, 0.29) is 0 Å². The minimum Gasteiger partial charge on any atom is -0.341 e. The molecule has 0 spiro atoms. The van der Waals surface area contributed by atoms with Gasteiger partial charge in [0.15, 0.2) is 0 Å². The predicted molar refractivity (Wildman–Crippen MR) is 54.9 cm³/mol. The fraction of sp³-hybridized carbons (Fsp3) is 0.600. The predicted octanol–water partition coefficient (Wildman–Crippen LogP) is 2.02. The molecule has 13 heavy (non-hydrogen) atoms. The molecule has 1 fully saturated rings. The van der Waals surface area contributed by atoms with Crippen molar-refractivity contribution in [2.45, 2.75) is 27.2 Å². The number of aromatic nitrogens is 2. The van der Waals surface area contributed by atoms with E-state index in [1.54, 1.807) is 0 Å². The van der Waals surface area contributed by atoms with E-state index in [2.05, 4.69) is 14.9 Å². The van der Waals surface area contributed by atoms with Gasteiger partial charge in [0.05, 0.1) is 0 Å². The van der Waals surface area contributed by atoms with Crippen LogP contribution in [0.2, 0.25) is 0 Å². The zero-order valence-electron chi connectivity index (χ0n) is 8.62. The van der Waals surface area contributed by atoms with Crippen LogP contribution >= 0.6 is 0 Å². The first kappa shape index (κ1) is 9.96. The second-order valence-electron chi connectivity index (χ2n) is 2.84. The number of rotatable bonds is 1. The van der Waals surface area contributed by atoms with Gasteiger partial charge in [0.1, 0.15) is 0 Å². The van der Waals surface area contributed by atoms with E-state index < -0.39 is 0 Å². The van der Waals surface area contributed by atoms with E-state index in [9.17, 15) is 0 Å². The molecule has 1 aromatic heterocycles. The molecule has 1 aliphatic heterocycles. The summed E-state index contributed by atoms with van der Waals surface area (Å²) >= 11 is 0. The Morgan fingerprint density at radius 3 is 2.46 bits per heavy atom. The highest BCUT2D eigenvalue weighted by Gasteiger charge is 2.16. The van der Waals surface area contributed by atoms with Gasteiger partial charge in [-0.15, -0.1) is 0 Å². The lowest BCUT2D eigenvalue weighted by Crippen LogP contribution is -2.38. The van der Waals surface area contributed by atoms with Crippen molar-refractivity contribution in [3.63, 3.8) is 0 Å². The number of hydrogen-bond acceptors (Lipinski definition) is 3.